The number of anilines is 1. The van der Waals surface area contributed by atoms with Crippen LogP contribution in [-0.4, -0.2) is 22.2 Å². The van der Waals surface area contributed by atoms with Gasteiger partial charge in [0, 0.05) is 12.7 Å². The first-order chi connectivity index (χ1) is 8.92. The molecule has 0 aliphatic heterocycles. The summed E-state index contributed by atoms with van der Waals surface area (Å²) < 4.78 is 0. The smallest absolute Gasteiger partial charge is 0.127 e. The van der Waals surface area contributed by atoms with Crippen LogP contribution in [0.25, 0.3) is 0 Å². The normalized spacial score (nSPS) is 20.5. The summed E-state index contributed by atoms with van der Waals surface area (Å²) in [5, 5.41) is 22.5. The molecule has 1 aliphatic carbocycles. The maximum atomic E-state index is 10.5. The van der Waals surface area contributed by atoms with Crippen molar-refractivity contribution in [3.05, 3.63) is 23.9 Å². The standard InChI is InChI=1S/C15H21N3O/c1-14(2)4-6-15(19,7-5-14)11-18-13-9-12(10-16)3-8-17-13/h3,8-9,19H,4-7,11H2,1-2H3,(H,17,18). The Morgan fingerprint density at radius 2 is 2.05 bits per heavy atom. The molecule has 102 valence electrons. The van der Waals surface area contributed by atoms with Gasteiger partial charge in [-0.2, -0.15) is 5.26 Å². The average Bonchev–Trinajstić information content (AvgIpc) is 2.41. The Balaban J connectivity index is 1.93. The van der Waals surface area contributed by atoms with Crippen molar-refractivity contribution in [3.63, 3.8) is 0 Å². The van der Waals surface area contributed by atoms with Crippen LogP contribution in [0, 0.1) is 16.7 Å². The number of pyridine rings is 1. The van der Waals surface area contributed by atoms with E-state index in [1.807, 2.05) is 0 Å². The zero-order valence-corrected chi connectivity index (χ0v) is 11.6. The molecule has 1 saturated carbocycles. The average molecular weight is 259 g/mol. The number of nitrogens with one attached hydrogen (secondary N) is 1. The van der Waals surface area contributed by atoms with E-state index < -0.39 is 5.60 Å². The monoisotopic (exact) mass is 259 g/mol. The van der Waals surface area contributed by atoms with Crippen molar-refractivity contribution in [2.24, 2.45) is 5.41 Å². The number of hydrogen-bond donors (Lipinski definition) is 2. The van der Waals surface area contributed by atoms with Gasteiger partial charge in [0.15, 0.2) is 0 Å². The SMILES string of the molecule is CC1(C)CCC(O)(CNc2cc(C#N)ccn2)CC1. The van der Waals surface area contributed by atoms with E-state index in [0.717, 1.165) is 25.7 Å². The fourth-order valence-corrected chi connectivity index (χ4v) is 2.42. The van der Waals surface area contributed by atoms with Crippen molar-refractivity contribution in [1.29, 1.82) is 5.26 Å². The van der Waals surface area contributed by atoms with Crippen molar-refractivity contribution >= 4 is 5.82 Å². The van der Waals surface area contributed by atoms with E-state index in [2.05, 4.69) is 30.2 Å². The van der Waals surface area contributed by atoms with Crippen molar-refractivity contribution in [3.8, 4) is 6.07 Å². The summed E-state index contributed by atoms with van der Waals surface area (Å²) in [6.07, 6.45) is 5.30. The van der Waals surface area contributed by atoms with Gasteiger partial charge >= 0.3 is 0 Å². The Labute approximate surface area is 114 Å². The van der Waals surface area contributed by atoms with Crippen LogP contribution in [0.5, 0.6) is 0 Å². The number of nitrogens with zero attached hydrogens (tertiary/aromatic N) is 2. The largest absolute Gasteiger partial charge is 0.388 e. The summed E-state index contributed by atoms with van der Waals surface area (Å²) in [6, 6.07) is 5.46. The molecule has 2 rings (SSSR count). The number of hydrogen-bond acceptors (Lipinski definition) is 4. The van der Waals surface area contributed by atoms with Gasteiger partial charge in [0.2, 0.25) is 0 Å². The lowest BCUT2D eigenvalue weighted by atomic mass is 9.71. The number of rotatable bonds is 3. The molecule has 4 heteroatoms. The molecule has 0 radical (unpaired) electrons. The highest BCUT2D eigenvalue weighted by molar-refractivity contribution is 5.42. The minimum Gasteiger partial charge on any atom is -0.388 e. The number of aliphatic hydroxyl groups is 1. The van der Waals surface area contributed by atoms with Gasteiger partial charge in [-0.05, 0) is 43.2 Å². The summed E-state index contributed by atoms with van der Waals surface area (Å²) in [5.74, 6) is 0.650. The van der Waals surface area contributed by atoms with E-state index in [1.54, 1.807) is 18.3 Å². The molecule has 1 aliphatic rings. The van der Waals surface area contributed by atoms with E-state index in [9.17, 15) is 5.11 Å². The van der Waals surface area contributed by atoms with Gasteiger partial charge in [-0.15, -0.1) is 0 Å². The molecular weight excluding hydrogens is 238 g/mol. The van der Waals surface area contributed by atoms with Crippen molar-refractivity contribution in [2.45, 2.75) is 45.1 Å². The molecule has 1 fully saturated rings. The molecular formula is C15H21N3O. The Morgan fingerprint density at radius 1 is 1.37 bits per heavy atom. The molecule has 1 aromatic heterocycles. The molecule has 0 bridgehead atoms. The molecule has 0 aromatic carbocycles. The van der Waals surface area contributed by atoms with Gasteiger partial charge in [-0.3, -0.25) is 0 Å². The molecule has 0 saturated heterocycles. The molecule has 0 atom stereocenters. The second-order valence-corrected chi connectivity index (χ2v) is 6.28. The zero-order valence-electron chi connectivity index (χ0n) is 11.6. The predicted octanol–water partition coefficient (Wildman–Crippen LogP) is 2.70. The molecule has 19 heavy (non-hydrogen) atoms. The van der Waals surface area contributed by atoms with Gasteiger partial charge in [0.25, 0.3) is 0 Å². The lowest BCUT2D eigenvalue weighted by Crippen LogP contribution is -2.42. The van der Waals surface area contributed by atoms with Gasteiger partial charge in [0.1, 0.15) is 5.82 Å². The Hall–Kier alpha value is -1.60. The van der Waals surface area contributed by atoms with E-state index in [-0.39, 0.29) is 0 Å². The summed E-state index contributed by atoms with van der Waals surface area (Å²) >= 11 is 0. The Bertz CT molecular complexity index is 480. The summed E-state index contributed by atoms with van der Waals surface area (Å²) in [4.78, 5) is 4.16. The zero-order chi connectivity index (χ0) is 13.9. The Morgan fingerprint density at radius 3 is 2.68 bits per heavy atom. The highest BCUT2D eigenvalue weighted by Gasteiger charge is 2.36. The maximum Gasteiger partial charge on any atom is 0.127 e. The fourth-order valence-electron chi connectivity index (χ4n) is 2.42. The van der Waals surface area contributed by atoms with Crippen LogP contribution in [0.3, 0.4) is 0 Å². The fraction of sp³-hybridized carbons (Fsp3) is 0.600. The van der Waals surface area contributed by atoms with E-state index in [0.29, 0.717) is 23.3 Å². The van der Waals surface area contributed by atoms with E-state index in [4.69, 9.17) is 5.26 Å². The van der Waals surface area contributed by atoms with Crippen molar-refractivity contribution in [2.75, 3.05) is 11.9 Å². The molecule has 0 spiro atoms. The highest BCUT2D eigenvalue weighted by atomic mass is 16.3. The van der Waals surface area contributed by atoms with E-state index in [1.165, 1.54) is 0 Å². The summed E-state index contributed by atoms with van der Waals surface area (Å²) in [6.45, 7) is 4.99. The quantitative estimate of drug-likeness (QED) is 0.875. The molecule has 4 nitrogen and oxygen atoms in total. The molecule has 2 N–H and O–H groups in total. The third-order valence-electron chi connectivity index (χ3n) is 4.02. The highest BCUT2D eigenvalue weighted by Crippen LogP contribution is 2.40. The molecule has 0 amide bonds. The maximum absolute atomic E-state index is 10.5. The van der Waals surface area contributed by atoms with Crippen LogP contribution < -0.4 is 5.32 Å². The molecule has 0 unspecified atom stereocenters. The van der Waals surface area contributed by atoms with Crippen molar-refractivity contribution < 1.29 is 5.11 Å². The lowest BCUT2D eigenvalue weighted by Gasteiger charge is -2.40. The number of aromatic nitrogens is 1. The van der Waals surface area contributed by atoms with Gasteiger partial charge in [-0.25, -0.2) is 4.98 Å². The molecule has 1 aromatic rings. The van der Waals surface area contributed by atoms with Crippen molar-refractivity contribution in [1.82, 2.24) is 4.98 Å². The van der Waals surface area contributed by atoms with E-state index >= 15 is 0 Å². The minimum atomic E-state index is -0.653. The summed E-state index contributed by atoms with van der Waals surface area (Å²) in [7, 11) is 0. The first-order valence-corrected chi connectivity index (χ1v) is 6.75. The number of nitriles is 1. The van der Waals surface area contributed by atoms with Crippen LogP contribution in [0.4, 0.5) is 5.82 Å². The predicted molar refractivity (Wildman–Crippen MR) is 74.6 cm³/mol. The van der Waals surface area contributed by atoms with Crippen LogP contribution >= 0.6 is 0 Å². The van der Waals surface area contributed by atoms with Gasteiger partial charge in [0.05, 0.1) is 17.2 Å². The first-order valence-electron chi connectivity index (χ1n) is 6.75. The second kappa shape index (κ2) is 5.18. The summed E-state index contributed by atoms with van der Waals surface area (Å²) in [5.41, 5.74) is 0.264. The third kappa shape index (κ3) is 3.68. The van der Waals surface area contributed by atoms with Crippen LogP contribution in [0.1, 0.15) is 45.1 Å². The first kappa shape index (κ1) is 13.8. The Kier molecular flexibility index (Phi) is 3.77. The minimum absolute atomic E-state index is 0.338. The third-order valence-corrected chi connectivity index (χ3v) is 4.02. The lowest BCUT2D eigenvalue weighted by molar-refractivity contribution is -0.0145. The molecule has 1 heterocycles. The second-order valence-electron chi connectivity index (χ2n) is 6.28. The topological polar surface area (TPSA) is 68.9 Å². The van der Waals surface area contributed by atoms with Crippen LogP contribution in [-0.2, 0) is 0 Å². The van der Waals surface area contributed by atoms with Crippen LogP contribution in [0.2, 0.25) is 0 Å². The van der Waals surface area contributed by atoms with Gasteiger partial charge < -0.3 is 10.4 Å². The van der Waals surface area contributed by atoms with Gasteiger partial charge in [-0.1, -0.05) is 13.8 Å². The van der Waals surface area contributed by atoms with Crippen LogP contribution in [0.15, 0.2) is 18.3 Å².